The molecule has 0 amide bonds. The fourth-order valence-electron chi connectivity index (χ4n) is 1.53. The van der Waals surface area contributed by atoms with E-state index in [0.717, 1.165) is 24.9 Å². The molecule has 0 aliphatic heterocycles. The van der Waals surface area contributed by atoms with Crippen LogP contribution in [-0.2, 0) is 6.54 Å². The Balaban J connectivity index is 2.41. The Hall–Kier alpha value is -1.06. The second kappa shape index (κ2) is 6.43. The van der Waals surface area contributed by atoms with E-state index in [1.54, 1.807) is 12.1 Å². The first-order chi connectivity index (χ1) is 7.26. The van der Waals surface area contributed by atoms with Gasteiger partial charge in [-0.05, 0) is 30.5 Å². The lowest BCUT2D eigenvalue weighted by Gasteiger charge is -2.15. The van der Waals surface area contributed by atoms with Crippen LogP contribution >= 0.6 is 0 Å². The third-order valence-electron chi connectivity index (χ3n) is 2.48. The predicted octanol–water partition coefficient (Wildman–Crippen LogP) is 1.64. The smallest absolute Gasteiger partial charge is 0.115 e. The Morgan fingerprint density at radius 3 is 2.80 bits per heavy atom. The van der Waals surface area contributed by atoms with Crippen molar-refractivity contribution in [2.75, 3.05) is 6.61 Å². The Labute approximate surface area is 90.8 Å². The van der Waals surface area contributed by atoms with Gasteiger partial charge in [0, 0.05) is 19.2 Å². The van der Waals surface area contributed by atoms with E-state index in [2.05, 4.69) is 12.2 Å². The summed E-state index contributed by atoms with van der Waals surface area (Å²) >= 11 is 0. The highest BCUT2D eigenvalue weighted by Crippen LogP contribution is 2.11. The van der Waals surface area contributed by atoms with E-state index < -0.39 is 0 Å². The third-order valence-corrected chi connectivity index (χ3v) is 2.48. The molecule has 0 aliphatic carbocycles. The van der Waals surface area contributed by atoms with Gasteiger partial charge in [0.1, 0.15) is 5.75 Å². The summed E-state index contributed by atoms with van der Waals surface area (Å²) in [6.45, 7) is 3.04. The molecular formula is C12H19NO2. The molecule has 1 unspecified atom stereocenters. The van der Waals surface area contributed by atoms with Gasteiger partial charge in [-0.3, -0.25) is 0 Å². The highest BCUT2D eigenvalue weighted by molar-refractivity contribution is 5.26. The van der Waals surface area contributed by atoms with Crippen molar-refractivity contribution in [3.63, 3.8) is 0 Å². The average Bonchev–Trinajstić information content (AvgIpc) is 2.24. The summed E-state index contributed by atoms with van der Waals surface area (Å²) < 4.78 is 0. The third kappa shape index (κ3) is 4.32. The van der Waals surface area contributed by atoms with E-state index >= 15 is 0 Å². The fourth-order valence-corrected chi connectivity index (χ4v) is 1.53. The average molecular weight is 209 g/mol. The Morgan fingerprint density at radius 1 is 1.40 bits per heavy atom. The van der Waals surface area contributed by atoms with Crippen molar-refractivity contribution in [1.29, 1.82) is 0 Å². The Morgan fingerprint density at radius 2 is 2.20 bits per heavy atom. The van der Waals surface area contributed by atoms with E-state index in [-0.39, 0.29) is 6.61 Å². The summed E-state index contributed by atoms with van der Waals surface area (Å²) in [5.74, 6) is 0.296. The van der Waals surface area contributed by atoms with Crippen molar-refractivity contribution in [3.8, 4) is 5.75 Å². The molecule has 84 valence electrons. The molecule has 3 N–H and O–H groups in total. The van der Waals surface area contributed by atoms with E-state index in [9.17, 15) is 5.11 Å². The Bertz CT molecular complexity index is 289. The first-order valence-electron chi connectivity index (χ1n) is 5.38. The zero-order valence-electron chi connectivity index (χ0n) is 9.11. The van der Waals surface area contributed by atoms with Crippen LogP contribution in [0.3, 0.4) is 0 Å². The van der Waals surface area contributed by atoms with Crippen molar-refractivity contribution < 1.29 is 10.2 Å². The number of hydrogen-bond donors (Lipinski definition) is 3. The quantitative estimate of drug-likeness (QED) is 0.667. The molecule has 1 atom stereocenters. The zero-order valence-corrected chi connectivity index (χ0v) is 9.11. The molecular weight excluding hydrogens is 190 g/mol. The molecule has 0 spiro atoms. The van der Waals surface area contributed by atoms with Gasteiger partial charge >= 0.3 is 0 Å². The van der Waals surface area contributed by atoms with Crippen molar-refractivity contribution in [2.45, 2.75) is 32.4 Å². The fraction of sp³-hybridized carbons (Fsp3) is 0.500. The van der Waals surface area contributed by atoms with Crippen LogP contribution in [0.5, 0.6) is 5.75 Å². The van der Waals surface area contributed by atoms with Crippen LogP contribution in [0.1, 0.15) is 25.3 Å². The van der Waals surface area contributed by atoms with Gasteiger partial charge < -0.3 is 15.5 Å². The lowest BCUT2D eigenvalue weighted by molar-refractivity contribution is 0.262. The molecule has 1 aromatic carbocycles. The maximum Gasteiger partial charge on any atom is 0.115 e. The first kappa shape index (κ1) is 12.0. The molecule has 0 fully saturated rings. The summed E-state index contributed by atoms with van der Waals surface area (Å²) in [4.78, 5) is 0. The number of aliphatic hydroxyl groups excluding tert-OH is 1. The minimum atomic E-state index is 0.214. The highest BCUT2D eigenvalue weighted by Gasteiger charge is 2.04. The molecule has 0 radical (unpaired) electrons. The van der Waals surface area contributed by atoms with Gasteiger partial charge in [0.15, 0.2) is 0 Å². The van der Waals surface area contributed by atoms with E-state index in [0.29, 0.717) is 11.8 Å². The minimum Gasteiger partial charge on any atom is -0.508 e. The number of aromatic hydroxyl groups is 1. The number of hydrogen-bond acceptors (Lipinski definition) is 3. The van der Waals surface area contributed by atoms with Gasteiger partial charge in [-0.1, -0.05) is 19.1 Å². The molecule has 0 saturated carbocycles. The van der Waals surface area contributed by atoms with E-state index in [1.807, 2.05) is 12.1 Å². The molecule has 0 heterocycles. The summed E-state index contributed by atoms with van der Waals surface area (Å²) in [6.07, 6.45) is 1.77. The summed E-state index contributed by atoms with van der Waals surface area (Å²) in [7, 11) is 0. The molecule has 3 heteroatoms. The largest absolute Gasteiger partial charge is 0.508 e. The van der Waals surface area contributed by atoms with Crippen LogP contribution < -0.4 is 5.32 Å². The SMILES string of the molecule is CCC(CCO)NCc1cccc(O)c1. The van der Waals surface area contributed by atoms with Crippen molar-refractivity contribution in [2.24, 2.45) is 0 Å². The normalized spacial score (nSPS) is 12.7. The van der Waals surface area contributed by atoms with Crippen molar-refractivity contribution in [3.05, 3.63) is 29.8 Å². The van der Waals surface area contributed by atoms with Gasteiger partial charge in [-0.25, -0.2) is 0 Å². The summed E-state index contributed by atoms with van der Waals surface area (Å²) in [6, 6.07) is 7.56. The van der Waals surface area contributed by atoms with E-state index in [1.165, 1.54) is 0 Å². The van der Waals surface area contributed by atoms with Crippen LogP contribution in [0.25, 0.3) is 0 Å². The second-order valence-corrected chi connectivity index (χ2v) is 3.67. The molecule has 15 heavy (non-hydrogen) atoms. The molecule has 0 aliphatic rings. The van der Waals surface area contributed by atoms with Gasteiger partial charge in [-0.2, -0.15) is 0 Å². The number of phenols is 1. The van der Waals surface area contributed by atoms with E-state index in [4.69, 9.17) is 5.11 Å². The van der Waals surface area contributed by atoms with Crippen molar-refractivity contribution >= 4 is 0 Å². The van der Waals surface area contributed by atoms with Gasteiger partial charge in [0.05, 0.1) is 0 Å². The van der Waals surface area contributed by atoms with Crippen LogP contribution in [-0.4, -0.2) is 22.9 Å². The van der Waals surface area contributed by atoms with Crippen LogP contribution in [0.2, 0.25) is 0 Å². The van der Waals surface area contributed by atoms with Crippen LogP contribution in [0, 0.1) is 0 Å². The Kier molecular flexibility index (Phi) is 5.15. The molecule has 1 aromatic rings. The summed E-state index contributed by atoms with van der Waals surface area (Å²) in [5.41, 5.74) is 1.06. The molecule has 0 bridgehead atoms. The maximum absolute atomic E-state index is 9.27. The van der Waals surface area contributed by atoms with Gasteiger partial charge in [0.25, 0.3) is 0 Å². The van der Waals surface area contributed by atoms with Gasteiger partial charge in [0.2, 0.25) is 0 Å². The van der Waals surface area contributed by atoms with Gasteiger partial charge in [-0.15, -0.1) is 0 Å². The first-order valence-corrected chi connectivity index (χ1v) is 5.38. The number of nitrogens with one attached hydrogen (secondary N) is 1. The van der Waals surface area contributed by atoms with Crippen LogP contribution in [0.15, 0.2) is 24.3 Å². The molecule has 3 nitrogen and oxygen atoms in total. The monoisotopic (exact) mass is 209 g/mol. The number of benzene rings is 1. The lowest BCUT2D eigenvalue weighted by atomic mass is 10.1. The topological polar surface area (TPSA) is 52.5 Å². The molecule has 0 saturated heterocycles. The summed E-state index contributed by atoms with van der Waals surface area (Å²) in [5, 5.41) is 21.4. The van der Waals surface area contributed by atoms with Crippen LogP contribution in [0.4, 0.5) is 0 Å². The molecule has 1 rings (SSSR count). The lowest BCUT2D eigenvalue weighted by Crippen LogP contribution is -2.28. The number of aliphatic hydroxyl groups is 1. The zero-order chi connectivity index (χ0) is 11.1. The number of phenolic OH excluding ortho intramolecular Hbond substituents is 1. The standard InChI is InChI=1S/C12H19NO2/c1-2-11(6-7-14)13-9-10-4-3-5-12(15)8-10/h3-5,8,11,13-15H,2,6-7,9H2,1H3. The maximum atomic E-state index is 9.27. The minimum absolute atomic E-state index is 0.214. The predicted molar refractivity (Wildman–Crippen MR) is 60.7 cm³/mol. The second-order valence-electron chi connectivity index (χ2n) is 3.67. The van der Waals surface area contributed by atoms with Crippen molar-refractivity contribution in [1.82, 2.24) is 5.32 Å². The highest BCUT2D eigenvalue weighted by atomic mass is 16.3. The number of rotatable bonds is 6. The molecule has 0 aromatic heterocycles.